The molecule has 0 saturated heterocycles. The van der Waals surface area contributed by atoms with Gasteiger partial charge in [0.2, 0.25) is 0 Å². The van der Waals surface area contributed by atoms with Crippen LogP contribution in [0.25, 0.3) is 0 Å². The van der Waals surface area contributed by atoms with Gasteiger partial charge in [0.05, 0.1) is 6.10 Å². The monoisotopic (exact) mass is 322 g/mol. The van der Waals surface area contributed by atoms with Gasteiger partial charge >= 0.3 is 0 Å². The van der Waals surface area contributed by atoms with Crippen LogP contribution in [0.1, 0.15) is 24.2 Å². The summed E-state index contributed by atoms with van der Waals surface area (Å²) in [6, 6.07) is 16.5. The number of aliphatic hydroxyl groups excluding tert-OH is 1. The Hall–Kier alpha value is -0.770. The van der Waals surface area contributed by atoms with Gasteiger partial charge in [-0.1, -0.05) is 52.3 Å². The standard InChI is InChI=1S/C15H15BrOS/c1-11(17)14-8-7-13(9-15(14)16)18-10-12-5-3-2-4-6-12/h2-9,11,17H,10H2,1H3. The Balaban J connectivity index is 2.05. The molecule has 1 nitrogen and oxygen atoms in total. The molecule has 0 heterocycles. The molecule has 3 heteroatoms. The van der Waals surface area contributed by atoms with Crippen molar-refractivity contribution in [3.05, 3.63) is 64.1 Å². The fourth-order valence-corrected chi connectivity index (χ4v) is 3.43. The maximum Gasteiger partial charge on any atom is 0.0772 e. The van der Waals surface area contributed by atoms with Crippen molar-refractivity contribution in [2.45, 2.75) is 23.7 Å². The van der Waals surface area contributed by atoms with Gasteiger partial charge < -0.3 is 5.11 Å². The Morgan fingerprint density at radius 2 is 1.89 bits per heavy atom. The molecule has 1 atom stereocenters. The number of hydrogen-bond acceptors (Lipinski definition) is 2. The van der Waals surface area contributed by atoms with Crippen molar-refractivity contribution in [2.75, 3.05) is 0 Å². The molecule has 2 rings (SSSR count). The lowest BCUT2D eigenvalue weighted by molar-refractivity contribution is 0.198. The van der Waals surface area contributed by atoms with Crippen LogP contribution in [0.2, 0.25) is 0 Å². The number of hydrogen-bond donors (Lipinski definition) is 1. The third-order valence-electron chi connectivity index (χ3n) is 2.67. The number of rotatable bonds is 4. The van der Waals surface area contributed by atoms with E-state index < -0.39 is 6.10 Å². The molecule has 1 unspecified atom stereocenters. The number of halogens is 1. The van der Waals surface area contributed by atoms with Crippen molar-refractivity contribution in [2.24, 2.45) is 0 Å². The smallest absolute Gasteiger partial charge is 0.0772 e. The van der Waals surface area contributed by atoms with E-state index in [9.17, 15) is 5.11 Å². The van der Waals surface area contributed by atoms with Crippen molar-refractivity contribution in [1.82, 2.24) is 0 Å². The van der Waals surface area contributed by atoms with Crippen LogP contribution in [-0.2, 0) is 5.75 Å². The fourth-order valence-electron chi connectivity index (χ4n) is 1.68. The molecule has 0 radical (unpaired) electrons. The average molecular weight is 323 g/mol. The fraction of sp³-hybridized carbons (Fsp3) is 0.200. The quantitative estimate of drug-likeness (QED) is 0.816. The lowest BCUT2D eigenvalue weighted by atomic mass is 10.1. The summed E-state index contributed by atoms with van der Waals surface area (Å²) in [4.78, 5) is 1.20. The zero-order valence-electron chi connectivity index (χ0n) is 10.1. The second-order valence-electron chi connectivity index (χ2n) is 4.13. The van der Waals surface area contributed by atoms with Gasteiger partial charge in [0.15, 0.2) is 0 Å². The summed E-state index contributed by atoms with van der Waals surface area (Å²) in [5.74, 6) is 0.960. The van der Waals surface area contributed by atoms with E-state index in [1.807, 2.05) is 12.1 Å². The van der Waals surface area contributed by atoms with E-state index in [0.29, 0.717) is 0 Å². The Morgan fingerprint density at radius 1 is 1.17 bits per heavy atom. The normalized spacial score (nSPS) is 12.4. The molecule has 18 heavy (non-hydrogen) atoms. The summed E-state index contributed by atoms with van der Waals surface area (Å²) in [7, 11) is 0. The highest BCUT2D eigenvalue weighted by atomic mass is 79.9. The SMILES string of the molecule is CC(O)c1ccc(SCc2ccccc2)cc1Br. The first-order valence-electron chi connectivity index (χ1n) is 5.81. The van der Waals surface area contributed by atoms with E-state index in [4.69, 9.17) is 0 Å². The summed E-state index contributed by atoms with van der Waals surface area (Å²) in [5.41, 5.74) is 2.25. The molecule has 94 valence electrons. The van der Waals surface area contributed by atoms with Gasteiger partial charge in [0.25, 0.3) is 0 Å². The van der Waals surface area contributed by atoms with Gasteiger partial charge in [-0.05, 0) is 30.2 Å². The van der Waals surface area contributed by atoms with Crippen LogP contribution in [0.3, 0.4) is 0 Å². The van der Waals surface area contributed by atoms with Gasteiger partial charge in [-0.15, -0.1) is 11.8 Å². The number of benzene rings is 2. The molecular formula is C15H15BrOS. The largest absolute Gasteiger partial charge is 0.389 e. The molecule has 2 aromatic rings. The molecule has 0 aliphatic rings. The Bertz CT molecular complexity index is 511. The molecule has 0 spiro atoms. The summed E-state index contributed by atoms with van der Waals surface area (Å²) in [6.45, 7) is 1.77. The minimum atomic E-state index is -0.437. The Labute approximate surface area is 120 Å². The highest BCUT2D eigenvalue weighted by Crippen LogP contribution is 2.30. The van der Waals surface area contributed by atoms with Crippen molar-refractivity contribution >= 4 is 27.7 Å². The third kappa shape index (κ3) is 3.61. The van der Waals surface area contributed by atoms with Gasteiger partial charge in [-0.3, -0.25) is 0 Å². The van der Waals surface area contributed by atoms with Crippen LogP contribution in [0.5, 0.6) is 0 Å². The van der Waals surface area contributed by atoms with Crippen LogP contribution in [0, 0.1) is 0 Å². The first-order chi connectivity index (χ1) is 8.66. The first-order valence-corrected chi connectivity index (χ1v) is 7.59. The second kappa shape index (κ2) is 6.41. The van der Waals surface area contributed by atoms with Crippen LogP contribution in [-0.4, -0.2) is 5.11 Å². The zero-order valence-corrected chi connectivity index (χ0v) is 12.5. The van der Waals surface area contributed by atoms with Crippen molar-refractivity contribution < 1.29 is 5.11 Å². The molecule has 2 aromatic carbocycles. The Kier molecular flexibility index (Phi) is 4.87. The van der Waals surface area contributed by atoms with Gasteiger partial charge in [0, 0.05) is 15.1 Å². The van der Waals surface area contributed by atoms with Crippen LogP contribution >= 0.6 is 27.7 Å². The maximum absolute atomic E-state index is 9.57. The van der Waals surface area contributed by atoms with E-state index in [2.05, 4.69) is 52.3 Å². The van der Waals surface area contributed by atoms with E-state index in [-0.39, 0.29) is 0 Å². The Morgan fingerprint density at radius 3 is 2.50 bits per heavy atom. The van der Waals surface area contributed by atoms with Crippen LogP contribution in [0.15, 0.2) is 57.9 Å². The molecule has 0 aliphatic heterocycles. The number of thioether (sulfide) groups is 1. The molecule has 0 aliphatic carbocycles. The van der Waals surface area contributed by atoms with E-state index in [1.165, 1.54) is 10.5 Å². The summed E-state index contributed by atoms with van der Waals surface area (Å²) in [5, 5.41) is 9.57. The third-order valence-corrected chi connectivity index (χ3v) is 4.42. The van der Waals surface area contributed by atoms with E-state index in [0.717, 1.165) is 15.8 Å². The topological polar surface area (TPSA) is 20.2 Å². The first kappa shape index (κ1) is 13.7. The molecule has 0 bridgehead atoms. The van der Waals surface area contributed by atoms with Crippen molar-refractivity contribution in [1.29, 1.82) is 0 Å². The number of aliphatic hydroxyl groups is 1. The molecule has 0 amide bonds. The minimum Gasteiger partial charge on any atom is -0.389 e. The summed E-state index contributed by atoms with van der Waals surface area (Å²) >= 11 is 5.30. The molecule has 0 saturated carbocycles. The highest BCUT2D eigenvalue weighted by Gasteiger charge is 2.06. The minimum absolute atomic E-state index is 0.437. The predicted molar refractivity (Wildman–Crippen MR) is 80.8 cm³/mol. The predicted octanol–water partition coefficient (Wildman–Crippen LogP) is 4.79. The van der Waals surface area contributed by atoms with Crippen molar-refractivity contribution in [3.63, 3.8) is 0 Å². The average Bonchev–Trinajstić information content (AvgIpc) is 2.37. The van der Waals surface area contributed by atoms with E-state index >= 15 is 0 Å². The molecule has 0 aromatic heterocycles. The van der Waals surface area contributed by atoms with Crippen molar-refractivity contribution in [3.8, 4) is 0 Å². The van der Waals surface area contributed by atoms with Crippen LogP contribution in [0.4, 0.5) is 0 Å². The summed E-state index contributed by atoms with van der Waals surface area (Å²) in [6.07, 6.45) is -0.437. The molecule has 0 fully saturated rings. The molecule has 1 N–H and O–H groups in total. The van der Waals surface area contributed by atoms with Gasteiger partial charge in [-0.2, -0.15) is 0 Å². The van der Waals surface area contributed by atoms with E-state index in [1.54, 1.807) is 18.7 Å². The maximum atomic E-state index is 9.57. The second-order valence-corrected chi connectivity index (χ2v) is 6.04. The zero-order chi connectivity index (χ0) is 13.0. The molecular weight excluding hydrogens is 308 g/mol. The highest BCUT2D eigenvalue weighted by molar-refractivity contribution is 9.10. The lowest BCUT2D eigenvalue weighted by Gasteiger charge is -2.09. The summed E-state index contributed by atoms with van der Waals surface area (Å²) < 4.78 is 0.968. The van der Waals surface area contributed by atoms with Gasteiger partial charge in [0.1, 0.15) is 0 Å². The van der Waals surface area contributed by atoms with Crippen LogP contribution < -0.4 is 0 Å². The lowest BCUT2D eigenvalue weighted by Crippen LogP contribution is -1.92. The van der Waals surface area contributed by atoms with Gasteiger partial charge in [-0.25, -0.2) is 0 Å².